The summed E-state index contributed by atoms with van der Waals surface area (Å²) in [6, 6.07) is 5.59. The molecule has 5 heteroatoms. The third-order valence-electron chi connectivity index (χ3n) is 1.50. The van der Waals surface area contributed by atoms with Crippen molar-refractivity contribution in [3.63, 3.8) is 0 Å². The molecule has 0 fully saturated rings. The molecule has 0 amide bonds. The first kappa shape index (κ1) is 10.6. The van der Waals surface area contributed by atoms with E-state index in [1.807, 2.05) is 12.1 Å². The number of nitrogens with zero attached hydrogens (tertiary/aromatic N) is 1. The van der Waals surface area contributed by atoms with Gasteiger partial charge in [0.2, 0.25) is 0 Å². The summed E-state index contributed by atoms with van der Waals surface area (Å²) in [5.74, 6) is 0.178. The standard InChI is InChI=1S/C8H8ClIN2O/c9-6-3-5(1-2-7(6)10)4-8(11)12-13/h1-3,13H,4H2,(H2,11,12). The topological polar surface area (TPSA) is 58.6 Å². The van der Waals surface area contributed by atoms with Gasteiger partial charge in [-0.25, -0.2) is 0 Å². The Morgan fingerprint density at radius 1 is 1.62 bits per heavy atom. The number of hydrogen-bond acceptors (Lipinski definition) is 2. The van der Waals surface area contributed by atoms with Crippen LogP contribution < -0.4 is 5.73 Å². The molecule has 0 saturated heterocycles. The van der Waals surface area contributed by atoms with E-state index in [4.69, 9.17) is 22.5 Å². The number of oxime groups is 1. The highest BCUT2D eigenvalue weighted by Gasteiger charge is 2.01. The zero-order valence-electron chi connectivity index (χ0n) is 6.67. The lowest BCUT2D eigenvalue weighted by molar-refractivity contribution is 0.317. The Morgan fingerprint density at radius 2 is 2.31 bits per heavy atom. The molecule has 0 saturated carbocycles. The maximum atomic E-state index is 8.35. The van der Waals surface area contributed by atoms with Gasteiger partial charge in [0, 0.05) is 9.99 Å². The van der Waals surface area contributed by atoms with E-state index < -0.39 is 0 Å². The van der Waals surface area contributed by atoms with Gasteiger partial charge in [0.15, 0.2) is 0 Å². The van der Waals surface area contributed by atoms with Crippen molar-refractivity contribution in [2.45, 2.75) is 6.42 Å². The Hall–Kier alpha value is -0.490. The van der Waals surface area contributed by atoms with Crippen molar-refractivity contribution >= 4 is 40.0 Å². The van der Waals surface area contributed by atoms with Crippen molar-refractivity contribution in [2.75, 3.05) is 0 Å². The zero-order valence-corrected chi connectivity index (χ0v) is 9.58. The van der Waals surface area contributed by atoms with Gasteiger partial charge in [-0.3, -0.25) is 0 Å². The lowest BCUT2D eigenvalue weighted by Gasteiger charge is -2.01. The van der Waals surface area contributed by atoms with Crippen molar-refractivity contribution < 1.29 is 5.21 Å². The van der Waals surface area contributed by atoms with E-state index in [-0.39, 0.29) is 5.84 Å². The van der Waals surface area contributed by atoms with E-state index in [2.05, 4.69) is 27.7 Å². The highest BCUT2D eigenvalue weighted by atomic mass is 127. The summed E-state index contributed by atoms with van der Waals surface area (Å²) in [5.41, 5.74) is 6.28. The van der Waals surface area contributed by atoms with Crippen LogP contribution in [0.5, 0.6) is 0 Å². The maximum absolute atomic E-state index is 8.35. The van der Waals surface area contributed by atoms with Crippen LogP contribution in [-0.2, 0) is 6.42 Å². The van der Waals surface area contributed by atoms with Gasteiger partial charge in [0.05, 0.1) is 5.02 Å². The third-order valence-corrected chi connectivity index (χ3v) is 3.07. The predicted octanol–water partition coefficient (Wildman–Crippen LogP) is 2.23. The largest absolute Gasteiger partial charge is 0.409 e. The number of hydrogen-bond donors (Lipinski definition) is 2. The summed E-state index contributed by atoms with van der Waals surface area (Å²) >= 11 is 8.03. The van der Waals surface area contributed by atoms with E-state index in [1.54, 1.807) is 6.07 Å². The van der Waals surface area contributed by atoms with Crippen LogP contribution in [0.15, 0.2) is 23.4 Å². The van der Waals surface area contributed by atoms with E-state index >= 15 is 0 Å². The lowest BCUT2D eigenvalue weighted by Crippen LogP contribution is -2.14. The smallest absolute Gasteiger partial charge is 0.143 e. The first-order valence-electron chi connectivity index (χ1n) is 3.54. The minimum absolute atomic E-state index is 0.178. The van der Waals surface area contributed by atoms with E-state index in [0.717, 1.165) is 9.13 Å². The van der Waals surface area contributed by atoms with Crippen LogP contribution >= 0.6 is 34.2 Å². The highest BCUT2D eigenvalue weighted by molar-refractivity contribution is 14.1. The van der Waals surface area contributed by atoms with Crippen LogP contribution in [0.25, 0.3) is 0 Å². The van der Waals surface area contributed by atoms with E-state index in [1.165, 1.54) is 0 Å². The molecule has 1 aromatic rings. The molecule has 0 heterocycles. The fourth-order valence-corrected chi connectivity index (χ4v) is 1.43. The van der Waals surface area contributed by atoms with Crippen LogP contribution in [-0.4, -0.2) is 11.0 Å². The van der Waals surface area contributed by atoms with Crippen molar-refractivity contribution in [1.29, 1.82) is 0 Å². The molecule has 3 nitrogen and oxygen atoms in total. The molecule has 1 rings (SSSR count). The Morgan fingerprint density at radius 3 is 2.85 bits per heavy atom. The molecule has 70 valence electrons. The average molecular weight is 311 g/mol. The quantitative estimate of drug-likeness (QED) is 0.289. The first-order chi connectivity index (χ1) is 6.13. The van der Waals surface area contributed by atoms with Gasteiger partial charge in [-0.2, -0.15) is 0 Å². The molecule has 0 aliphatic carbocycles. The van der Waals surface area contributed by atoms with E-state index in [9.17, 15) is 0 Å². The molecule has 0 unspecified atom stereocenters. The van der Waals surface area contributed by atoms with Crippen molar-refractivity contribution in [3.05, 3.63) is 32.4 Å². The van der Waals surface area contributed by atoms with Crippen molar-refractivity contribution in [3.8, 4) is 0 Å². The summed E-state index contributed by atoms with van der Waals surface area (Å²) in [5, 5.41) is 11.9. The molecule has 0 aromatic heterocycles. The molecule has 1 aromatic carbocycles. The Labute approximate surface area is 94.7 Å². The fraction of sp³-hybridized carbons (Fsp3) is 0.125. The Kier molecular flexibility index (Phi) is 3.80. The minimum atomic E-state index is 0.178. The molecule has 0 aliphatic rings. The highest BCUT2D eigenvalue weighted by Crippen LogP contribution is 2.19. The fourth-order valence-electron chi connectivity index (χ4n) is 0.894. The van der Waals surface area contributed by atoms with Gasteiger partial charge in [0.1, 0.15) is 5.84 Å². The zero-order chi connectivity index (χ0) is 9.84. The van der Waals surface area contributed by atoms with Crippen molar-refractivity contribution in [2.24, 2.45) is 10.9 Å². The number of halogens is 2. The number of nitrogens with two attached hydrogens (primary N) is 1. The van der Waals surface area contributed by atoms with Gasteiger partial charge in [-0.15, -0.1) is 0 Å². The monoisotopic (exact) mass is 310 g/mol. The van der Waals surface area contributed by atoms with Crippen molar-refractivity contribution in [1.82, 2.24) is 0 Å². The molecular weight excluding hydrogens is 302 g/mol. The molecule has 0 atom stereocenters. The molecular formula is C8H8ClIN2O. The molecule has 13 heavy (non-hydrogen) atoms. The van der Waals surface area contributed by atoms with Gasteiger partial charge < -0.3 is 10.9 Å². The second kappa shape index (κ2) is 4.66. The number of benzene rings is 1. The summed E-state index contributed by atoms with van der Waals surface area (Å²) in [4.78, 5) is 0. The Balaban J connectivity index is 2.86. The summed E-state index contributed by atoms with van der Waals surface area (Å²) in [7, 11) is 0. The van der Waals surface area contributed by atoms with Gasteiger partial charge in [-0.05, 0) is 40.3 Å². The summed E-state index contributed by atoms with van der Waals surface area (Å²) in [6.07, 6.45) is 0.410. The maximum Gasteiger partial charge on any atom is 0.143 e. The van der Waals surface area contributed by atoms with Gasteiger partial charge in [-0.1, -0.05) is 22.8 Å². The second-order valence-electron chi connectivity index (χ2n) is 2.52. The molecule has 3 N–H and O–H groups in total. The summed E-state index contributed by atoms with van der Waals surface area (Å²) in [6.45, 7) is 0. The van der Waals surface area contributed by atoms with Crippen LogP contribution in [0.1, 0.15) is 5.56 Å². The van der Waals surface area contributed by atoms with Gasteiger partial charge >= 0.3 is 0 Å². The molecule has 0 aliphatic heterocycles. The molecule has 0 spiro atoms. The SMILES string of the molecule is N/C(Cc1ccc(I)c(Cl)c1)=N/O. The van der Waals surface area contributed by atoms with Crippen LogP contribution in [0, 0.1) is 3.57 Å². The minimum Gasteiger partial charge on any atom is -0.409 e. The molecule has 0 bridgehead atoms. The second-order valence-corrected chi connectivity index (χ2v) is 4.09. The van der Waals surface area contributed by atoms with Crippen LogP contribution in [0.4, 0.5) is 0 Å². The first-order valence-corrected chi connectivity index (χ1v) is 4.99. The van der Waals surface area contributed by atoms with Crippen LogP contribution in [0.3, 0.4) is 0 Å². The summed E-state index contributed by atoms with van der Waals surface area (Å²) < 4.78 is 0.988. The van der Waals surface area contributed by atoms with E-state index in [0.29, 0.717) is 11.4 Å². The Bertz CT molecular complexity index is 341. The predicted molar refractivity (Wildman–Crippen MR) is 61.3 cm³/mol. The van der Waals surface area contributed by atoms with Crippen LogP contribution in [0.2, 0.25) is 5.02 Å². The number of amidine groups is 1. The normalized spacial score (nSPS) is 11.7. The third kappa shape index (κ3) is 3.04. The molecule has 0 radical (unpaired) electrons. The lowest BCUT2D eigenvalue weighted by atomic mass is 10.1. The average Bonchev–Trinajstić information content (AvgIpc) is 2.11. The van der Waals surface area contributed by atoms with Gasteiger partial charge in [0.25, 0.3) is 0 Å². The number of rotatable bonds is 2.